The first-order valence-electron chi connectivity index (χ1n) is 9.26. The van der Waals surface area contributed by atoms with E-state index >= 15 is 0 Å². The maximum atomic E-state index is 12.6. The quantitative estimate of drug-likeness (QED) is 0.752. The molecule has 26 heavy (non-hydrogen) atoms. The summed E-state index contributed by atoms with van der Waals surface area (Å²) in [7, 11) is 0. The lowest BCUT2D eigenvalue weighted by Crippen LogP contribution is -2.49. The third-order valence-electron chi connectivity index (χ3n) is 4.89. The number of piperidine rings is 1. The number of carbonyl (C=O) groups excluding carboxylic acids is 1. The van der Waals surface area contributed by atoms with Crippen molar-refractivity contribution < 1.29 is 4.79 Å². The van der Waals surface area contributed by atoms with Crippen LogP contribution >= 0.6 is 0 Å². The fourth-order valence-corrected chi connectivity index (χ4v) is 3.42. The molecule has 0 aliphatic carbocycles. The SMILES string of the molecule is CCN(Cc1ccncc1)C1CCCN(C(=O)/C=C/c2ccncc2)C1. The van der Waals surface area contributed by atoms with Gasteiger partial charge in [-0.2, -0.15) is 0 Å². The fraction of sp³-hybridized carbons (Fsp3) is 0.381. The first-order valence-corrected chi connectivity index (χ1v) is 9.26. The lowest BCUT2D eigenvalue weighted by molar-refractivity contribution is -0.128. The van der Waals surface area contributed by atoms with Crippen LogP contribution in [0.5, 0.6) is 0 Å². The summed E-state index contributed by atoms with van der Waals surface area (Å²) in [5, 5.41) is 0. The molecular formula is C21H26N4O. The summed E-state index contributed by atoms with van der Waals surface area (Å²) in [5.41, 5.74) is 2.26. The van der Waals surface area contributed by atoms with Gasteiger partial charge in [0.25, 0.3) is 0 Å². The van der Waals surface area contributed by atoms with Crippen LogP contribution in [0.25, 0.3) is 6.08 Å². The summed E-state index contributed by atoms with van der Waals surface area (Å²) in [4.78, 5) is 25.1. The number of aromatic nitrogens is 2. The van der Waals surface area contributed by atoms with Crippen molar-refractivity contribution in [1.29, 1.82) is 0 Å². The molecule has 0 saturated carbocycles. The Balaban J connectivity index is 1.60. The highest BCUT2D eigenvalue weighted by molar-refractivity contribution is 5.91. The third kappa shape index (κ3) is 4.99. The molecule has 0 aromatic carbocycles. The molecule has 1 saturated heterocycles. The molecule has 5 heteroatoms. The minimum Gasteiger partial charge on any atom is -0.338 e. The van der Waals surface area contributed by atoms with Gasteiger partial charge in [-0.3, -0.25) is 19.7 Å². The number of carbonyl (C=O) groups is 1. The molecule has 1 unspecified atom stereocenters. The van der Waals surface area contributed by atoms with E-state index in [1.807, 2.05) is 35.5 Å². The first kappa shape index (κ1) is 18.3. The highest BCUT2D eigenvalue weighted by Gasteiger charge is 2.26. The van der Waals surface area contributed by atoms with Gasteiger partial charge >= 0.3 is 0 Å². The molecule has 3 heterocycles. The first-order chi connectivity index (χ1) is 12.8. The van der Waals surface area contributed by atoms with Crippen LogP contribution in [0.1, 0.15) is 30.9 Å². The van der Waals surface area contributed by atoms with Crippen molar-refractivity contribution in [2.75, 3.05) is 19.6 Å². The molecule has 2 aromatic heterocycles. The molecule has 1 aliphatic heterocycles. The largest absolute Gasteiger partial charge is 0.338 e. The Kier molecular flexibility index (Phi) is 6.50. The van der Waals surface area contributed by atoms with E-state index < -0.39 is 0 Å². The van der Waals surface area contributed by atoms with E-state index in [-0.39, 0.29) is 5.91 Å². The minimum absolute atomic E-state index is 0.0893. The van der Waals surface area contributed by atoms with Gasteiger partial charge in [-0.15, -0.1) is 0 Å². The van der Waals surface area contributed by atoms with E-state index in [2.05, 4.69) is 33.9 Å². The average molecular weight is 350 g/mol. The van der Waals surface area contributed by atoms with Crippen LogP contribution in [0.3, 0.4) is 0 Å². The lowest BCUT2D eigenvalue weighted by Gasteiger charge is -2.38. The molecule has 1 fully saturated rings. The van der Waals surface area contributed by atoms with Crippen LogP contribution < -0.4 is 0 Å². The molecule has 0 bridgehead atoms. The van der Waals surface area contributed by atoms with E-state index in [0.717, 1.165) is 44.6 Å². The summed E-state index contributed by atoms with van der Waals surface area (Å²) < 4.78 is 0. The number of likely N-dealkylation sites (tertiary alicyclic amines) is 1. The van der Waals surface area contributed by atoms with Gasteiger partial charge in [-0.1, -0.05) is 6.92 Å². The van der Waals surface area contributed by atoms with Gasteiger partial charge < -0.3 is 4.90 Å². The number of likely N-dealkylation sites (N-methyl/N-ethyl adjacent to an activating group) is 1. The number of pyridine rings is 2. The van der Waals surface area contributed by atoms with Gasteiger partial charge in [0.05, 0.1) is 0 Å². The van der Waals surface area contributed by atoms with Crippen molar-refractivity contribution in [1.82, 2.24) is 19.8 Å². The predicted molar refractivity (Wildman–Crippen MR) is 103 cm³/mol. The number of hydrogen-bond acceptors (Lipinski definition) is 4. The lowest BCUT2D eigenvalue weighted by atomic mass is 10.0. The van der Waals surface area contributed by atoms with E-state index in [1.165, 1.54) is 5.56 Å². The normalized spacial score (nSPS) is 17.8. The van der Waals surface area contributed by atoms with Gasteiger partial charge in [0.15, 0.2) is 0 Å². The second kappa shape index (κ2) is 9.25. The molecule has 2 aromatic rings. The second-order valence-corrected chi connectivity index (χ2v) is 6.61. The molecule has 1 aliphatic rings. The Hall–Kier alpha value is -2.53. The van der Waals surface area contributed by atoms with Crippen LogP contribution in [-0.4, -0.2) is 51.4 Å². The second-order valence-electron chi connectivity index (χ2n) is 6.61. The maximum Gasteiger partial charge on any atom is 0.246 e. The standard InChI is InChI=1S/C21H26N4O/c1-2-24(16-19-9-13-23-14-10-19)20-4-3-15-25(17-20)21(26)6-5-18-7-11-22-12-8-18/h5-14,20H,2-4,15-17H2,1H3/b6-5+. The highest BCUT2D eigenvalue weighted by Crippen LogP contribution is 2.18. The van der Waals surface area contributed by atoms with Crippen molar-refractivity contribution in [2.24, 2.45) is 0 Å². The Morgan fingerprint density at radius 1 is 1.19 bits per heavy atom. The monoisotopic (exact) mass is 350 g/mol. The van der Waals surface area contributed by atoms with Crippen molar-refractivity contribution in [3.05, 3.63) is 66.3 Å². The number of rotatable bonds is 6. The molecule has 0 radical (unpaired) electrons. The molecule has 0 spiro atoms. The highest BCUT2D eigenvalue weighted by atomic mass is 16.2. The van der Waals surface area contributed by atoms with Crippen molar-refractivity contribution in [3.8, 4) is 0 Å². The third-order valence-corrected chi connectivity index (χ3v) is 4.89. The van der Waals surface area contributed by atoms with Gasteiger partial charge in [0, 0.05) is 56.5 Å². The summed E-state index contributed by atoms with van der Waals surface area (Å²) in [6, 6.07) is 8.32. The molecule has 136 valence electrons. The zero-order chi connectivity index (χ0) is 18.2. The van der Waals surface area contributed by atoms with Gasteiger partial charge in [-0.25, -0.2) is 0 Å². The number of hydrogen-bond donors (Lipinski definition) is 0. The fourth-order valence-electron chi connectivity index (χ4n) is 3.42. The van der Waals surface area contributed by atoms with E-state index in [1.54, 1.807) is 18.5 Å². The molecule has 0 N–H and O–H groups in total. The van der Waals surface area contributed by atoms with Gasteiger partial charge in [0.2, 0.25) is 5.91 Å². The minimum atomic E-state index is 0.0893. The van der Waals surface area contributed by atoms with Crippen LogP contribution in [-0.2, 0) is 11.3 Å². The van der Waals surface area contributed by atoms with Crippen LogP contribution in [0.15, 0.2) is 55.1 Å². The number of amides is 1. The van der Waals surface area contributed by atoms with Crippen molar-refractivity contribution in [2.45, 2.75) is 32.4 Å². The smallest absolute Gasteiger partial charge is 0.246 e. The zero-order valence-electron chi connectivity index (χ0n) is 15.3. The van der Waals surface area contributed by atoms with E-state index in [4.69, 9.17) is 0 Å². The van der Waals surface area contributed by atoms with Gasteiger partial charge in [-0.05, 0) is 60.9 Å². The van der Waals surface area contributed by atoms with Crippen LogP contribution in [0, 0.1) is 0 Å². The predicted octanol–water partition coefficient (Wildman–Crippen LogP) is 3.00. The summed E-state index contributed by atoms with van der Waals surface area (Å²) in [6.45, 7) is 5.69. The molecule has 5 nitrogen and oxygen atoms in total. The van der Waals surface area contributed by atoms with Gasteiger partial charge in [0.1, 0.15) is 0 Å². The van der Waals surface area contributed by atoms with Crippen molar-refractivity contribution in [3.63, 3.8) is 0 Å². The van der Waals surface area contributed by atoms with E-state index in [9.17, 15) is 4.79 Å². The summed E-state index contributed by atoms with van der Waals surface area (Å²) in [5.74, 6) is 0.0893. The van der Waals surface area contributed by atoms with Crippen LogP contribution in [0.2, 0.25) is 0 Å². The molecule has 1 atom stereocenters. The molecule has 1 amide bonds. The Bertz CT molecular complexity index is 717. The Morgan fingerprint density at radius 2 is 1.88 bits per heavy atom. The maximum absolute atomic E-state index is 12.6. The summed E-state index contributed by atoms with van der Waals surface area (Å²) >= 11 is 0. The van der Waals surface area contributed by atoms with E-state index in [0.29, 0.717) is 6.04 Å². The molecular weight excluding hydrogens is 324 g/mol. The summed E-state index contributed by atoms with van der Waals surface area (Å²) in [6.07, 6.45) is 12.9. The van der Waals surface area contributed by atoms with Crippen molar-refractivity contribution >= 4 is 12.0 Å². The topological polar surface area (TPSA) is 49.3 Å². The van der Waals surface area contributed by atoms with Crippen LogP contribution in [0.4, 0.5) is 0 Å². The number of nitrogens with zero attached hydrogens (tertiary/aromatic N) is 4. The Morgan fingerprint density at radius 3 is 2.58 bits per heavy atom. The Labute approximate surface area is 155 Å². The zero-order valence-corrected chi connectivity index (χ0v) is 15.3. The molecule has 3 rings (SSSR count). The average Bonchev–Trinajstić information content (AvgIpc) is 2.72.